The number of amides is 1. The molecule has 1 amide bonds. The Hall–Kier alpha value is -3.04. The molecule has 0 spiro atoms. The molecular formula is C22H20ClF3N4O2. The predicted molar refractivity (Wildman–Crippen MR) is 116 cm³/mol. The molecule has 0 aliphatic carbocycles. The number of imidazole rings is 1. The molecule has 0 bridgehead atoms. The maximum absolute atomic E-state index is 13.7. The van der Waals surface area contributed by atoms with E-state index in [0.717, 1.165) is 6.07 Å². The van der Waals surface area contributed by atoms with Gasteiger partial charge in [0.05, 0.1) is 24.5 Å². The van der Waals surface area contributed by atoms with Gasteiger partial charge >= 0.3 is 6.18 Å². The minimum Gasteiger partial charge on any atom is -0.378 e. The van der Waals surface area contributed by atoms with Crippen molar-refractivity contribution in [1.82, 2.24) is 14.7 Å². The van der Waals surface area contributed by atoms with Crippen LogP contribution in [0.15, 0.2) is 48.7 Å². The number of nitrogens with one attached hydrogen (secondary N) is 1. The van der Waals surface area contributed by atoms with E-state index in [0.29, 0.717) is 43.3 Å². The van der Waals surface area contributed by atoms with Gasteiger partial charge in [0.1, 0.15) is 5.65 Å². The second-order valence-electron chi connectivity index (χ2n) is 7.21. The molecular weight excluding hydrogens is 445 g/mol. The summed E-state index contributed by atoms with van der Waals surface area (Å²) in [7, 11) is 0. The van der Waals surface area contributed by atoms with Gasteiger partial charge < -0.3 is 15.0 Å². The fourth-order valence-electron chi connectivity index (χ4n) is 3.53. The molecule has 0 unspecified atom stereocenters. The first-order valence-electron chi connectivity index (χ1n) is 9.94. The second-order valence-corrected chi connectivity index (χ2v) is 7.56. The highest BCUT2D eigenvalue weighted by Gasteiger charge is 2.34. The fourth-order valence-corrected chi connectivity index (χ4v) is 3.77. The normalized spacial score (nSPS) is 14.9. The van der Waals surface area contributed by atoms with Crippen molar-refractivity contribution >= 4 is 34.9 Å². The van der Waals surface area contributed by atoms with Gasteiger partial charge in [-0.1, -0.05) is 23.7 Å². The lowest BCUT2D eigenvalue weighted by atomic mass is 10.0. The van der Waals surface area contributed by atoms with E-state index in [1.54, 1.807) is 34.9 Å². The van der Waals surface area contributed by atoms with Crippen LogP contribution >= 0.6 is 11.6 Å². The van der Waals surface area contributed by atoms with Crippen LogP contribution in [0.5, 0.6) is 0 Å². The van der Waals surface area contributed by atoms with E-state index in [1.807, 2.05) is 4.90 Å². The number of aromatic nitrogens is 2. The molecule has 3 heterocycles. The average Bonchev–Trinajstić information content (AvgIpc) is 3.11. The van der Waals surface area contributed by atoms with Gasteiger partial charge in [0.25, 0.3) is 0 Å². The topological polar surface area (TPSA) is 58.9 Å². The van der Waals surface area contributed by atoms with Crippen LogP contribution in [0, 0.1) is 0 Å². The molecule has 0 atom stereocenters. The Labute approximate surface area is 187 Å². The third kappa shape index (κ3) is 4.89. The number of morpholine rings is 1. The summed E-state index contributed by atoms with van der Waals surface area (Å²) in [6.07, 6.45) is -0.0960. The molecule has 1 N–H and O–H groups in total. The van der Waals surface area contributed by atoms with Crippen LogP contribution in [0.25, 0.3) is 11.7 Å². The van der Waals surface area contributed by atoms with Gasteiger partial charge in [0.2, 0.25) is 5.91 Å². The summed E-state index contributed by atoms with van der Waals surface area (Å²) in [5.74, 6) is -0.544. The van der Waals surface area contributed by atoms with Crippen LogP contribution in [-0.2, 0) is 22.3 Å². The molecule has 1 aliphatic rings. The number of nitrogens with zero attached hydrogens (tertiary/aromatic N) is 3. The van der Waals surface area contributed by atoms with Gasteiger partial charge in [0, 0.05) is 37.6 Å². The monoisotopic (exact) mass is 464 g/mol. The highest BCUT2D eigenvalue weighted by molar-refractivity contribution is 6.31. The van der Waals surface area contributed by atoms with Crippen LogP contribution < -0.4 is 10.2 Å². The quantitative estimate of drug-likeness (QED) is 0.576. The Bertz CT molecular complexity index is 1150. The van der Waals surface area contributed by atoms with E-state index < -0.39 is 17.6 Å². The van der Waals surface area contributed by atoms with Crippen LogP contribution in [0.3, 0.4) is 0 Å². The molecule has 2 aromatic heterocycles. The van der Waals surface area contributed by atoms with Crippen LogP contribution in [-0.4, -0.2) is 41.6 Å². The number of anilines is 1. The number of hydrogen-bond acceptors (Lipinski definition) is 4. The fraction of sp³-hybridized carbons (Fsp3) is 0.273. The van der Waals surface area contributed by atoms with Crippen molar-refractivity contribution in [3.05, 3.63) is 70.6 Å². The zero-order valence-electron chi connectivity index (χ0n) is 16.9. The maximum Gasteiger partial charge on any atom is 0.416 e. The van der Waals surface area contributed by atoms with Crippen molar-refractivity contribution in [3.8, 4) is 0 Å². The zero-order valence-corrected chi connectivity index (χ0v) is 17.7. The number of carbonyl (C=O) groups is 1. The average molecular weight is 465 g/mol. The van der Waals surface area contributed by atoms with E-state index in [1.165, 1.54) is 18.2 Å². The summed E-state index contributed by atoms with van der Waals surface area (Å²) in [5, 5.41) is 2.73. The lowest BCUT2D eigenvalue weighted by Gasteiger charge is -2.29. The number of halogens is 4. The van der Waals surface area contributed by atoms with Crippen molar-refractivity contribution in [2.45, 2.75) is 12.7 Å². The number of alkyl halides is 3. The molecule has 4 rings (SSSR count). The van der Waals surface area contributed by atoms with Gasteiger partial charge in [-0.25, -0.2) is 4.98 Å². The van der Waals surface area contributed by atoms with Crippen molar-refractivity contribution in [2.24, 2.45) is 0 Å². The molecule has 32 heavy (non-hydrogen) atoms. The Morgan fingerprint density at radius 3 is 2.75 bits per heavy atom. The smallest absolute Gasteiger partial charge is 0.378 e. The number of benzene rings is 1. The summed E-state index contributed by atoms with van der Waals surface area (Å²) >= 11 is 6.12. The molecule has 6 nitrogen and oxygen atoms in total. The number of rotatable bonds is 5. The second kappa shape index (κ2) is 9.22. The molecule has 1 aromatic carbocycles. The molecule has 1 aliphatic heterocycles. The number of pyridine rings is 1. The van der Waals surface area contributed by atoms with E-state index in [-0.39, 0.29) is 17.3 Å². The third-order valence-electron chi connectivity index (χ3n) is 5.14. The first-order chi connectivity index (χ1) is 15.3. The molecule has 1 fully saturated rings. The van der Waals surface area contributed by atoms with E-state index in [9.17, 15) is 18.0 Å². The number of ether oxygens (including phenoxy) is 1. The van der Waals surface area contributed by atoms with Crippen molar-refractivity contribution in [1.29, 1.82) is 0 Å². The summed E-state index contributed by atoms with van der Waals surface area (Å²) in [6, 6.07) is 9.53. The molecule has 1 saturated heterocycles. The molecule has 168 valence electrons. The number of hydrogen-bond donors (Lipinski definition) is 1. The SMILES string of the molecule is O=C(/C=C/c1c(Cl)nc2ccccn12)NCc1ccc(N2CCOCC2)cc1C(F)(F)F. The molecule has 0 radical (unpaired) electrons. The van der Waals surface area contributed by atoms with Crippen molar-refractivity contribution in [2.75, 3.05) is 31.2 Å². The van der Waals surface area contributed by atoms with Crippen molar-refractivity contribution < 1.29 is 22.7 Å². The lowest BCUT2D eigenvalue weighted by Crippen LogP contribution is -2.36. The van der Waals surface area contributed by atoms with E-state index in [4.69, 9.17) is 16.3 Å². The lowest BCUT2D eigenvalue weighted by molar-refractivity contribution is -0.138. The summed E-state index contributed by atoms with van der Waals surface area (Å²) in [5.41, 5.74) is 0.827. The standard InChI is InChI=1S/C22H20ClF3N4O2/c23-21-18(30-8-2-1-3-19(30)28-21)6-7-20(31)27-14-15-4-5-16(13-17(15)22(24,25)26)29-9-11-32-12-10-29/h1-8,13H,9-12,14H2,(H,27,31)/b7-6+. The Balaban J connectivity index is 1.48. The van der Waals surface area contributed by atoms with E-state index in [2.05, 4.69) is 10.3 Å². The van der Waals surface area contributed by atoms with E-state index >= 15 is 0 Å². The summed E-state index contributed by atoms with van der Waals surface area (Å²) < 4.78 is 47.9. The van der Waals surface area contributed by atoms with Crippen LogP contribution in [0.4, 0.5) is 18.9 Å². The Morgan fingerprint density at radius 1 is 1.22 bits per heavy atom. The highest BCUT2D eigenvalue weighted by atomic mass is 35.5. The molecule has 10 heteroatoms. The highest BCUT2D eigenvalue weighted by Crippen LogP contribution is 2.35. The summed E-state index contributed by atoms with van der Waals surface area (Å²) in [4.78, 5) is 18.3. The van der Waals surface area contributed by atoms with Gasteiger partial charge in [-0.15, -0.1) is 0 Å². The number of carbonyl (C=O) groups excluding carboxylic acids is 1. The minimum absolute atomic E-state index is 0.0101. The molecule has 0 saturated carbocycles. The van der Waals surface area contributed by atoms with Gasteiger partial charge in [0.15, 0.2) is 5.15 Å². The van der Waals surface area contributed by atoms with Gasteiger partial charge in [-0.2, -0.15) is 13.2 Å². The Morgan fingerprint density at radius 2 is 2.00 bits per heavy atom. The maximum atomic E-state index is 13.7. The Kier molecular flexibility index (Phi) is 6.38. The van der Waals surface area contributed by atoms with Crippen LogP contribution in [0.2, 0.25) is 5.15 Å². The first kappa shape index (κ1) is 22.2. The van der Waals surface area contributed by atoms with Crippen LogP contribution in [0.1, 0.15) is 16.8 Å². The summed E-state index contributed by atoms with van der Waals surface area (Å²) in [6.45, 7) is 1.75. The molecule has 3 aromatic rings. The number of fused-ring (bicyclic) bond motifs is 1. The van der Waals surface area contributed by atoms with Crippen molar-refractivity contribution in [3.63, 3.8) is 0 Å². The largest absolute Gasteiger partial charge is 0.416 e. The van der Waals surface area contributed by atoms with Gasteiger partial charge in [-0.3, -0.25) is 9.20 Å². The minimum atomic E-state index is -4.54. The predicted octanol–water partition coefficient (Wildman–Crippen LogP) is 4.17. The zero-order chi connectivity index (χ0) is 22.7. The van der Waals surface area contributed by atoms with Gasteiger partial charge in [-0.05, 0) is 35.9 Å². The first-order valence-corrected chi connectivity index (χ1v) is 10.3. The third-order valence-corrected chi connectivity index (χ3v) is 5.42.